The molecule has 130 valence electrons. The summed E-state index contributed by atoms with van der Waals surface area (Å²) in [6, 6.07) is 9.25. The molecule has 0 amide bonds. The summed E-state index contributed by atoms with van der Waals surface area (Å²) >= 11 is 1.37. The van der Waals surface area contributed by atoms with Gasteiger partial charge in [0.1, 0.15) is 0 Å². The Kier molecular flexibility index (Phi) is 4.81. The molecule has 3 rings (SSSR count). The number of hydrogen-bond acceptors (Lipinski definition) is 6. The molecule has 0 unspecified atom stereocenters. The van der Waals surface area contributed by atoms with Crippen molar-refractivity contribution in [3.8, 4) is 45.4 Å². The molecule has 1 heterocycles. The summed E-state index contributed by atoms with van der Waals surface area (Å²) in [6.07, 6.45) is 0. The van der Waals surface area contributed by atoms with E-state index in [1.165, 1.54) is 18.6 Å². The number of hydrogen-bond donors (Lipinski definition) is 1. The van der Waals surface area contributed by atoms with Crippen LogP contribution in [0.2, 0.25) is 0 Å². The van der Waals surface area contributed by atoms with E-state index in [0.29, 0.717) is 17.2 Å². The number of ether oxygens (including phenoxy) is 3. The first-order valence-corrected chi connectivity index (χ1v) is 8.47. The van der Waals surface area contributed by atoms with E-state index in [2.05, 4.69) is 4.37 Å². The average Bonchev–Trinajstić information content (AvgIpc) is 3.10. The first-order chi connectivity index (χ1) is 12.1. The Balaban J connectivity index is 2.11. The van der Waals surface area contributed by atoms with Crippen molar-refractivity contribution in [3.05, 3.63) is 41.3 Å². The number of phenolic OH excluding ortho intramolecular Hbond substituents is 1. The summed E-state index contributed by atoms with van der Waals surface area (Å²) in [5.74, 6) is 1.91. The van der Waals surface area contributed by atoms with E-state index in [9.17, 15) is 5.11 Å². The monoisotopic (exact) mass is 357 g/mol. The van der Waals surface area contributed by atoms with Gasteiger partial charge in [0.05, 0.1) is 27.0 Å². The molecular weight excluding hydrogens is 338 g/mol. The number of benzene rings is 2. The van der Waals surface area contributed by atoms with Crippen LogP contribution in [0.1, 0.15) is 5.56 Å². The lowest BCUT2D eigenvalue weighted by Gasteiger charge is -2.13. The molecule has 0 aliphatic carbocycles. The zero-order valence-electron chi connectivity index (χ0n) is 14.5. The molecule has 0 saturated heterocycles. The Hall–Kier alpha value is -2.73. The van der Waals surface area contributed by atoms with E-state index in [1.807, 2.05) is 30.5 Å². The van der Waals surface area contributed by atoms with Gasteiger partial charge in [0, 0.05) is 16.5 Å². The smallest absolute Gasteiger partial charge is 0.163 e. The zero-order valence-corrected chi connectivity index (χ0v) is 15.3. The minimum Gasteiger partial charge on any atom is -0.504 e. The van der Waals surface area contributed by atoms with Crippen LogP contribution < -0.4 is 14.2 Å². The van der Waals surface area contributed by atoms with E-state index in [4.69, 9.17) is 14.2 Å². The second-order valence-corrected chi connectivity index (χ2v) is 6.12. The van der Waals surface area contributed by atoms with Crippen molar-refractivity contribution in [2.45, 2.75) is 6.92 Å². The third-order valence-corrected chi connectivity index (χ3v) is 4.63. The van der Waals surface area contributed by atoms with E-state index < -0.39 is 0 Å². The van der Waals surface area contributed by atoms with Crippen molar-refractivity contribution in [3.63, 3.8) is 0 Å². The highest BCUT2D eigenvalue weighted by molar-refractivity contribution is 7.04. The lowest BCUT2D eigenvalue weighted by Crippen LogP contribution is -1.94. The van der Waals surface area contributed by atoms with E-state index >= 15 is 0 Å². The minimum atomic E-state index is 0.0978. The zero-order chi connectivity index (χ0) is 18.0. The van der Waals surface area contributed by atoms with Crippen LogP contribution in [-0.2, 0) is 0 Å². The number of methoxy groups -OCH3 is 3. The van der Waals surface area contributed by atoms with Crippen LogP contribution in [0.4, 0.5) is 0 Å². The van der Waals surface area contributed by atoms with Crippen molar-refractivity contribution < 1.29 is 19.3 Å². The Morgan fingerprint density at radius 1 is 0.920 bits per heavy atom. The molecule has 0 aliphatic heterocycles. The van der Waals surface area contributed by atoms with Crippen LogP contribution >= 0.6 is 11.5 Å². The van der Waals surface area contributed by atoms with Crippen molar-refractivity contribution in [1.82, 2.24) is 4.37 Å². The van der Waals surface area contributed by atoms with Gasteiger partial charge in [-0.05, 0) is 53.8 Å². The maximum absolute atomic E-state index is 10.1. The third kappa shape index (κ3) is 3.13. The highest BCUT2D eigenvalue weighted by Gasteiger charge is 2.16. The number of phenols is 1. The molecule has 25 heavy (non-hydrogen) atoms. The van der Waals surface area contributed by atoms with Gasteiger partial charge in [-0.2, -0.15) is 4.37 Å². The lowest BCUT2D eigenvalue weighted by atomic mass is 9.99. The molecule has 0 aliphatic rings. The second-order valence-electron chi connectivity index (χ2n) is 5.49. The quantitative estimate of drug-likeness (QED) is 0.728. The van der Waals surface area contributed by atoms with Gasteiger partial charge in [0.15, 0.2) is 23.0 Å². The fourth-order valence-electron chi connectivity index (χ4n) is 2.80. The number of aromatic nitrogens is 1. The normalized spacial score (nSPS) is 10.6. The van der Waals surface area contributed by atoms with Crippen LogP contribution in [0, 0.1) is 6.92 Å². The SMILES string of the molecule is COc1ccc(-c2csnc2-c2cc(C)c(OC)c(OC)c2)cc1O. The third-order valence-electron chi connectivity index (χ3n) is 4.00. The van der Waals surface area contributed by atoms with Crippen LogP contribution in [-0.4, -0.2) is 30.8 Å². The largest absolute Gasteiger partial charge is 0.504 e. The molecule has 0 saturated carbocycles. The molecule has 6 heteroatoms. The van der Waals surface area contributed by atoms with Gasteiger partial charge in [0.25, 0.3) is 0 Å². The first kappa shape index (κ1) is 17.1. The van der Waals surface area contributed by atoms with Crippen LogP contribution in [0.15, 0.2) is 35.7 Å². The number of aryl methyl sites for hydroxylation is 1. The summed E-state index contributed by atoms with van der Waals surface area (Å²) in [5, 5.41) is 12.0. The Morgan fingerprint density at radius 3 is 2.32 bits per heavy atom. The number of aromatic hydroxyl groups is 1. The van der Waals surface area contributed by atoms with E-state index in [-0.39, 0.29) is 5.75 Å². The van der Waals surface area contributed by atoms with Gasteiger partial charge in [-0.3, -0.25) is 0 Å². The first-order valence-electron chi connectivity index (χ1n) is 7.63. The average molecular weight is 357 g/mol. The highest BCUT2D eigenvalue weighted by atomic mass is 32.1. The second kappa shape index (κ2) is 7.03. The minimum absolute atomic E-state index is 0.0978. The van der Waals surface area contributed by atoms with Crippen LogP contribution in [0.3, 0.4) is 0 Å². The summed E-state index contributed by atoms with van der Waals surface area (Å²) in [7, 11) is 4.77. The Bertz CT molecular complexity index is 904. The van der Waals surface area contributed by atoms with Gasteiger partial charge in [-0.25, -0.2) is 0 Å². The van der Waals surface area contributed by atoms with Crippen LogP contribution in [0.25, 0.3) is 22.4 Å². The molecular formula is C19H19NO4S. The predicted octanol–water partition coefficient (Wildman–Crippen LogP) is 4.52. The summed E-state index contributed by atoms with van der Waals surface area (Å²) in [6.45, 7) is 1.97. The molecule has 0 bridgehead atoms. The fourth-order valence-corrected chi connectivity index (χ4v) is 3.51. The molecule has 0 spiro atoms. The highest BCUT2D eigenvalue weighted by Crippen LogP contribution is 2.41. The molecule has 0 atom stereocenters. The topological polar surface area (TPSA) is 60.8 Å². The molecule has 5 nitrogen and oxygen atoms in total. The van der Waals surface area contributed by atoms with Gasteiger partial charge >= 0.3 is 0 Å². The molecule has 0 radical (unpaired) electrons. The van der Waals surface area contributed by atoms with Crippen molar-refractivity contribution in [2.24, 2.45) is 0 Å². The molecule has 2 aromatic carbocycles. The van der Waals surface area contributed by atoms with Gasteiger partial charge in [-0.1, -0.05) is 6.07 Å². The standard InChI is InChI=1S/C19H19NO4S/c1-11-7-13(9-17(23-3)19(11)24-4)18-14(10-25-20-18)12-5-6-16(22-2)15(21)8-12/h5-10,21H,1-4H3. The van der Waals surface area contributed by atoms with Gasteiger partial charge in [0.2, 0.25) is 0 Å². The van der Waals surface area contributed by atoms with Crippen molar-refractivity contribution in [1.29, 1.82) is 0 Å². The Morgan fingerprint density at radius 2 is 1.68 bits per heavy atom. The molecule has 0 fully saturated rings. The summed E-state index contributed by atoms with van der Waals surface area (Å²) < 4.78 is 20.5. The predicted molar refractivity (Wildman–Crippen MR) is 99.0 cm³/mol. The summed E-state index contributed by atoms with van der Waals surface area (Å²) in [5.41, 5.74) is 4.54. The maximum atomic E-state index is 10.1. The Labute approximate surface area is 150 Å². The number of nitrogens with zero attached hydrogens (tertiary/aromatic N) is 1. The molecule has 3 aromatic rings. The van der Waals surface area contributed by atoms with E-state index in [0.717, 1.165) is 27.9 Å². The maximum Gasteiger partial charge on any atom is 0.163 e. The van der Waals surface area contributed by atoms with Gasteiger partial charge in [-0.15, -0.1) is 0 Å². The number of rotatable bonds is 5. The van der Waals surface area contributed by atoms with Crippen molar-refractivity contribution >= 4 is 11.5 Å². The van der Waals surface area contributed by atoms with Crippen LogP contribution in [0.5, 0.6) is 23.0 Å². The van der Waals surface area contributed by atoms with E-state index in [1.54, 1.807) is 26.4 Å². The molecule has 1 aromatic heterocycles. The molecule has 1 N–H and O–H groups in total. The van der Waals surface area contributed by atoms with Gasteiger partial charge < -0.3 is 19.3 Å². The van der Waals surface area contributed by atoms with Crippen molar-refractivity contribution in [2.75, 3.05) is 21.3 Å². The summed E-state index contributed by atoms with van der Waals surface area (Å²) in [4.78, 5) is 0. The lowest BCUT2D eigenvalue weighted by molar-refractivity contribution is 0.353. The fraction of sp³-hybridized carbons (Fsp3) is 0.211.